The molecule has 0 bridgehead atoms. The highest BCUT2D eigenvalue weighted by Gasteiger charge is 2.06. The summed E-state index contributed by atoms with van der Waals surface area (Å²) in [5.41, 5.74) is 5.94. The summed E-state index contributed by atoms with van der Waals surface area (Å²) in [5.74, 6) is 1.33. The second-order valence-electron chi connectivity index (χ2n) is 3.58. The van der Waals surface area contributed by atoms with Crippen molar-refractivity contribution in [3.8, 4) is 17.2 Å². The molecule has 0 aliphatic carbocycles. The number of aromatic hydroxyl groups is 1. The number of anilines is 1. The van der Waals surface area contributed by atoms with Gasteiger partial charge in [-0.3, -0.25) is 0 Å². The smallest absolute Gasteiger partial charge is 0.168 e. The van der Waals surface area contributed by atoms with Crippen LogP contribution in [-0.4, -0.2) is 10.2 Å². The molecular weight excluding hydrogens is 248 g/mol. The van der Waals surface area contributed by atoms with E-state index in [1.807, 2.05) is 30.3 Å². The van der Waals surface area contributed by atoms with Crippen LogP contribution in [0.3, 0.4) is 0 Å². The topological polar surface area (TPSA) is 67.5 Å². The van der Waals surface area contributed by atoms with Gasteiger partial charge in [-0.2, -0.15) is 0 Å². The normalized spacial score (nSPS) is 9.78. The number of rotatable bonds is 3. The first-order valence-electron chi connectivity index (χ1n) is 5.27. The highest BCUT2D eigenvalue weighted by molar-refractivity contribution is 7.80. The molecule has 0 amide bonds. The zero-order valence-corrected chi connectivity index (χ0v) is 10.3. The molecular formula is C13H12N2O2S. The molecule has 4 N–H and O–H groups in total. The molecule has 0 saturated carbocycles. The third-order valence-electron chi connectivity index (χ3n) is 2.19. The van der Waals surface area contributed by atoms with Crippen LogP contribution in [0.25, 0.3) is 0 Å². The summed E-state index contributed by atoms with van der Waals surface area (Å²) in [6, 6.07) is 14.0. The predicted molar refractivity (Wildman–Crippen MR) is 75.0 cm³/mol. The Morgan fingerprint density at radius 2 is 1.89 bits per heavy atom. The first-order valence-corrected chi connectivity index (χ1v) is 5.68. The van der Waals surface area contributed by atoms with E-state index in [0.717, 1.165) is 0 Å². The van der Waals surface area contributed by atoms with Gasteiger partial charge in [0, 0.05) is 6.07 Å². The highest BCUT2D eigenvalue weighted by atomic mass is 32.1. The van der Waals surface area contributed by atoms with Crippen LogP contribution in [0.15, 0.2) is 48.5 Å². The number of para-hydroxylation sites is 1. The maximum absolute atomic E-state index is 9.44. The lowest BCUT2D eigenvalue weighted by Crippen LogP contribution is -2.19. The van der Waals surface area contributed by atoms with Gasteiger partial charge in [0.05, 0.1) is 5.69 Å². The molecule has 2 aromatic rings. The summed E-state index contributed by atoms with van der Waals surface area (Å²) >= 11 is 4.77. The van der Waals surface area contributed by atoms with Crippen LogP contribution in [0, 0.1) is 0 Å². The van der Waals surface area contributed by atoms with Crippen LogP contribution < -0.4 is 15.8 Å². The van der Waals surface area contributed by atoms with Gasteiger partial charge in [0.15, 0.2) is 10.9 Å². The summed E-state index contributed by atoms with van der Waals surface area (Å²) in [4.78, 5) is 0. The number of ether oxygens (including phenoxy) is 1. The molecule has 2 aromatic carbocycles. The van der Waals surface area contributed by atoms with Gasteiger partial charge in [-0.1, -0.05) is 18.2 Å². The molecule has 0 unspecified atom stereocenters. The predicted octanol–water partition coefficient (Wildman–Crippen LogP) is 2.84. The van der Waals surface area contributed by atoms with Crippen molar-refractivity contribution in [2.24, 2.45) is 5.73 Å². The van der Waals surface area contributed by atoms with Crippen molar-refractivity contribution in [1.82, 2.24) is 0 Å². The lowest BCUT2D eigenvalue weighted by molar-refractivity contribution is 0.466. The first kappa shape index (κ1) is 12.2. The van der Waals surface area contributed by atoms with E-state index in [1.165, 1.54) is 12.1 Å². The maximum atomic E-state index is 9.44. The van der Waals surface area contributed by atoms with E-state index in [4.69, 9.17) is 22.7 Å². The average molecular weight is 260 g/mol. The summed E-state index contributed by atoms with van der Waals surface area (Å²) in [5, 5.41) is 12.3. The highest BCUT2D eigenvalue weighted by Crippen LogP contribution is 2.32. The van der Waals surface area contributed by atoms with E-state index in [0.29, 0.717) is 17.2 Å². The molecule has 0 fully saturated rings. The number of nitrogens with two attached hydrogens (primary N) is 1. The van der Waals surface area contributed by atoms with Crippen molar-refractivity contribution < 1.29 is 9.84 Å². The molecule has 0 heterocycles. The minimum atomic E-state index is 0.106. The van der Waals surface area contributed by atoms with E-state index in [1.54, 1.807) is 6.07 Å². The maximum Gasteiger partial charge on any atom is 0.168 e. The molecule has 5 heteroatoms. The Morgan fingerprint density at radius 1 is 1.17 bits per heavy atom. The van der Waals surface area contributed by atoms with Crippen LogP contribution in [0.5, 0.6) is 17.2 Å². The second kappa shape index (κ2) is 5.37. The van der Waals surface area contributed by atoms with E-state index >= 15 is 0 Å². The Morgan fingerprint density at radius 3 is 2.56 bits per heavy atom. The molecule has 18 heavy (non-hydrogen) atoms. The van der Waals surface area contributed by atoms with E-state index in [2.05, 4.69) is 5.32 Å². The fraction of sp³-hybridized carbons (Fsp3) is 0. The van der Waals surface area contributed by atoms with Gasteiger partial charge >= 0.3 is 0 Å². The SMILES string of the molecule is NC(=S)Nc1cc(O)ccc1Oc1ccccc1. The Kier molecular flexibility index (Phi) is 3.64. The minimum absolute atomic E-state index is 0.106. The van der Waals surface area contributed by atoms with Gasteiger partial charge in [0.2, 0.25) is 0 Å². The number of hydrogen-bond donors (Lipinski definition) is 3. The third kappa shape index (κ3) is 3.11. The number of benzene rings is 2. The average Bonchev–Trinajstić information content (AvgIpc) is 2.33. The summed E-state index contributed by atoms with van der Waals surface area (Å²) in [6.45, 7) is 0. The van der Waals surface area contributed by atoms with Gasteiger partial charge < -0.3 is 20.9 Å². The number of nitrogens with one attached hydrogen (secondary N) is 1. The molecule has 0 spiro atoms. The number of phenols is 1. The Labute approximate surface area is 110 Å². The molecule has 0 aromatic heterocycles. The van der Waals surface area contributed by atoms with Crippen molar-refractivity contribution in [1.29, 1.82) is 0 Å². The summed E-state index contributed by atoms with van der Waals surface area (Å²) in [7, 11) is 0. The van der Waals surface area contributed by atoms with Crippen LogP contribution in [0.1, 0.15) is 0 Å². The zero-order chi connectivity index (χ0) is 13.0. The van der Waals surface area contributed by atoms with E-state index in [-0.39, 0.29) is 10.9 Å². The molecule has 0 aliphatic heterocycles. The standard InChI is InChI=1S/C13H12N2O2S/c14-13(18)15-11-8-9(16)6-7-12(11)17-10-4-2-1-3-5-10/h1-8,16H,(H3,14,15,18). The minimum Gasteiger partial charge on any atom is -0.508 e. The van der Waals surface area contributed by atoms with E-state index < -0.39 is 0 Å². The molecule has 0 saturated heterocycles. The van der Waals surface area contributed by atoms with Crippen molar-refractivity contribution >= 4 is 23.0 Å². The summed E-state index contributed by atoms with van der Waals surface area (Å²) in [6.07, 6.45) is 0. The van der Waals surface area contributed by atoms with Gasteiger partial charge in [0.1, 0.15) is 11.5 Å². The Hall–Kier alpha value is -2.27. The van der Waals surface area contributed by atoms with Crippen LogP contribution >= 0.6 is 12.2 Å². The van der Waals surface area contributed by atoms with Crippen molar-refractivity contribution in [3.05, 3.63) is 48.5 Å². The van der Waals surface area contributed by atoms with Gasteiger partial charge in [0.25, 0.3) is 0 Å². The van der Waals surface area contributed by atoms with Crippen molar-refractivity contribution in [3.63, 3.8) is 0 Å². The zero-order valence-electron chi connectivity index (χ0n) is 9.46. The van der Waals surface area contributed by atoms with Crippen molar-refractivity contribution in [2.75, 3.05) is 5.32 Å². The lowest BCUT2D eigenvalue weighted by Gasteiger charge is -2.12. The van der Waals surface area contributed by atoms with E-state index in [9.17, 15) is 5.11 Å². The van der Waals surface area contributed by atoms with Crippen LogP contribution in [0.4, 0.5) is 5.69 Å². The molecule has 92 valence electrons. The fourth-order valence-electron chi connectivity index (χ4n) is 1.45. The Bertz CT molecular complexity index is 558. The quantitative estimate of drug-likeness (QED) is 0.740. The Balaban J connectivity index is 2.29. The number of thiocarbonyl (C=S) groups is 1. The molecule has 0 aliphatic rings. The van der Waals surface area contributed by atoms with Gasteiger partial charge in [-0.25, -0.2) is 0 Å². The van der Waals surface area contributed by atoms with Gasteiger partial charge in [-0.15, -0.1) is 0 Å². The molecule has 0 radical (unpaired) electrons. The first-order chi connectivity index (χ1) is 8.65. The summed E-state index contributed by atoms with van der Waals surface area (Å²) < 4.78 is 5.68. The fourth-order valence-corrected chi connectivity index (χ4v) is 1.56. The molecule has 0 atom stereocenters. The third-order valence-corrected chi connectivity index (χ3v) is 2.29. The monoisotopic (exact) mass is 260 g/mol. The van der Waals surface area contributed by atoms with Crippen LogP contribution in [-0.2, 0) is 0 Å². The van der Waals surface area contributed by atoms with Crippen molar-refractivity contribution in [2.45, 2.75) is 0 Å². The number of hydrogen-bond acceptors (Lipinski definition) is 3. The van der Waals surface area contributed by atoms with Gasteiger partial charge in [-0.05, 0) is 36.5 Å². The number of phenolic OH excluding ortho intramolecular Hbond substituents is 1. The molecule has 4 nitrogen and oxygen atoms in total. The largest absolute Gasteiger partial charge is 0.508 e. The molecule has 2 rings (SSSR count). The lowest BCUT2D eigenvalue weighted by atomic mass is 10.2. The van der Waals surface area contributed by atoms with Crippen LogP contribution in [0.2, 0.25) is 0 Å². The second-order valence-corrected chi connectivity index (χ2v) is 4.02.